The van der Waals surface area contributed by atoms with E-state index < -0.39 is 0 Å². The number of nitrogens with zero attached hydrogens (tertiary/aromatic N) is 3. The van der Waals surface area contributed by atoms with E-state index in [9.17, 15) is 4.79 Å². The number of hydrogen-bond acceptors (Lipinski definition) is 2. The summed E-state index contributed by atoms with van der Waals surface area (Å²) in [4.78, 5) is 18.2. The third-order valence-corrected chi connectivity index (χ3v) is 4.13. The molecular weight excluding hydrogens is 262 g/mol. The average Bonchev–Trinajstić information content (AvgIpc) is 3.02. The molecule has 0 spiro atoms. The van der Waals surface area contributed by atoms with E-state index in [4.69, 9.17) is 4.98 Å². The Morgan fingerprint density at radius 3 is 2.90 bits per heavy atom. The van der Waals surface area contributed by atoms with Crippen molar-refractivity contribution in [2.45, 2.75) is 13.3 Å². The topological polar surface area (TPSA) is 37.6 Å². The molecule has 4 nitrogen and oxygen atoms in total. The van der Waals surface area contributed by atoms with Crippen molar-refractivity contribution < 1.29 is 4.79 Å². The van der Waals surface area contributed by atoms with Gasteiger partial charge in [-0.1, -0.05) is 12.1 Å². The summed E-state index contributed by atoms with van der Waals surface area (Å²) in [5.41, 5.74) is 6.20. The third-order valence-electron chi connectivity index (χ3n) is 4.13. The van der Waals surface area contributed by atoms with E-state index in [0.29, 0.717) is 6.42 Å². The van der Waals surface area contributed by atoms with Crippen LogP contribution in [0.5, 0.6) is 0 Å². The normalized spacial score (nSPS) is 14.0. The molecule has 1 aromatic carbocycles. The van der Waals surface area contributed by atoms with Crippen molar-refractivity contribution in [3.05, 3.63) is 53.9 Å². The Bertz CT molecular complexity index is 879. The highest BCUT2D eigenvalue weighted by Gasteiger charge is 2.24. The standard InChI is InChI=1S/C17H15N3O/c1-11-4-3-7-20-10-14(18-17(11)20)12-5-6-15-13(8-12)9-16(21)19(15)2/h3-8,10H,9H2,1-2H3. The van der Waals surface area contributed by atoms with Gasteiger partial charge >= 0.3 is 0 Å². The summed E-state index contributed by atoms with van der Waals surface area (Å²) >= 11 is 0. The van der Waals surface area contributed by atoms with E-state index in [-0.39, 0.29) is 5.91 Å². The fraction of sp³-hybridized carbons (Fsp3) is 0.176. The fourth-order valence-electron chi connectivity index (χ4n) is 2.92. The summed E-state index contributed by atoms with van der Waals surface area (Å²) in [6.07, 6.45) is 4.51. The maximum absolute atomic E-state index is 11.8. The fourth-order valence-corrected chi connectivity index (χ4v) is 2.92. The second kappa shape index (κ2) is 4.19. The molecule has 2 aromatic heterocycles. The Labute approximate surface area is 122 Å². The first-order chi connectivity index (χ1) is 10.1. The van der Waals surface area contributed by atoms with Crippen LogP contribution in [0.2, 0.25) is 0 Å². The number of pyridine rings is 1. The van der Waals surface area contributed by atoms with Crippen LogP contribution in [0.1, 0.15) is 11.1 Å². The lowest BCUT2D eigenvalue weighted by atomic mass is 10.1. The molecule has 4 rings (SSSR count). The van der Waals surface area contributed by atoms with Gasteiger partial charge in [0.1, 0.15) is 5.65 Å². The highest BCUT2D eigenvalue weighted by molar-refractivity contribution is 6.01. The molecule has 0 radical (unpaired) electrons. The van der Waals surface area contributed by atoms with E-state index in [1.807, 2.05) is 42.0 Å². The first-order valence-corrected chi connectivity index (χ1v) is 6.97. The molecule has 0 bridgehead atoms. The summed E-state index contributed by atoms with van der Waals surface area (Å²) < 4.78 is 2.04. The van der Waals surface area contributed by atoms with Crippen molar-refractivity contribution in [2.75, 3.05) is 11.9 Å². The minimum atomic E-state index is 0.146. The van der Waals surface area contributed by atoms with E-state index in [0.717, 1.165) is 33.7 Å². The Balaban J connectivity index is 1.85. The largest absolute Gasteiger partial charge is 0.315 e. The molecule has 0 N–H and O–H groups in total. The highest BCUT2D eigenvalue weighted by atomic mass is 16.2. The number of likely N-dealkylation sites (N-methyl/N-ethyl adjacent to an activating group) is 1. The van der Waals surface area contributed by atoms with Gasteiger partial charge in [-0.25, -0.2) is 4.98 Å². The molecule has 4 heteroatoms. The summed E-state index contributed by atoms with van der Waals surface area (Å²) in [5, 5.41) is 0. The van der Waals surface area contributed by atoms with Gasteiger partial charge in [0.05, 0.1) is 12.1 Å². The van der Waals surface area contributed by atoms with Crippen molar-refractivity contribution in [3.63, 3.8) is 0 Å². The number of aryl methyl sites for hydroxylation is 1. The number of fused-ring (bicyclic) bond motifs is 2. The van der Waals surface area contributed by atoms with Crippen molar-refractivity contribution in [1.29, 1.82) is 0 Å². The number of anilines is 1. The van der Waals surface area contributed by atoms with E-state index >= 15 is 0 Å². The summed E-state index contributed by atoms with van der Waals surface area (Å²) in [6, 6.07) is 10.2. The molecule has 1 aliphatic rings. The molecule has 1 amide bonds. The van der Waals surface area contributed by atoms with Crippen LogP contribution in [-0.4, -0.2) is 22.3 Å². The zero-order valence-electron chi connectivity index (χ0n) is 12.0. The lowest BCUT2D eigenvalue weighted by Crippen LogP contribution is -2.20. The minimum Gasteiger partial charge on any atom is -0.315 e. The van der Waals surface area contributed by atoms with Crippen molar-refractivity contribution >= 4 is 17.2 Å². The van der Waals surface area contributed by atoms with Crippen LogP contribution in [0.15, 0.2) is 42.7 Å². The van der Waals surface area contributed by atoms with Gasteiger partial charge in [-0.05, 0) is 36.2 Å². The number of rotatable bonds is 1. The number of carbonyl (C=O) groups is 1. The molecular formula is C17H15N3O. The number of imidazole rings is 1. The molecule has 3 aromatic rings. The van der Waals surface area contributed by atoms with Gasteiger partial charge in [-0.2, -0.15) is 0 Å². The lowest BCUT2D eigenvalue weighted by Gasteiger charge is -2.09. The van der Waals surface area contributed by atoms with Gasteiger partial charge in [0.2, 0.25) is 5.91 Å². The molecule has 104 valence electrons. The molecule has 1 aliphatic heterocycles. The van der Waals surface area contributed by atoms with Crippen LogP contribution in [-0.2, 0) is 11.2 Å². The molecule has 0 saturated carbocycles. The van der Waals surface area contributed by atoms with E-state index in [1.165, 1.54) is 0 Å². The molecule has 21 heavy (non-hydrogen) atoms. The zero-order chi connectivity index (χ0) is 14.6. The second-order valence-electron chi connectivity index (χ2n) is 5.52. The number of hydrogen-bond donors (Lipinski definition) is 0. The van der Waals surface area contributed by atoms with Gasteiger partial charge < -0.3 is 9.30 Å². The van der Waals surface area contributed by atoms with Crippen LogP contribution < -0.4 is 4.90 Å². The molecule has 0 saturated heterocycles. The smallest absolute Gasteiger partial charge is 0.231 e. The summed E-state index contributed by atoms with van der Waals surface area (Å²) in [6.45, 7) is 2.06. The Morgan fingerprint density at radius 1 is 1.24 bits per heavy atom. The number of benzene rings is 1. The molecule has 0 fully saturated rings. The predicted molar refractivity (Wildman–Crippen MR) is 82.5 cm³/mol. The van der Waals surface area contributed by atoms with Crippen molar-refractivity contribution in [1.82, 2.24) is 9.38 Å². The molecule has 0 atom stereocenters. The van der Waals surface area contributed by atoms with Crippen LogP contribution in [0.25, 0.3) is 16.9 Å². The average molecular weight is 277 g/mol. The predicted octanol–water partition coefficient (Wildman–Crippen LogP) is 2.83. The van der Waals surface area contributed by atoms with Crippen molar-refractivity contribution in [3.8, 4) is 11.3 Å². The third kappa shape index (κ3) is 1.76. The maximum Gasteiger partial charge on any atom is 0.231 e. The van der Waals surface area contributed by atoms with Crippen LogP contribution >= 0.6 is 0 Å². The Kier molecular flexibility index (Phi) is 2.42. The van der Waals surface area contributed by atoms with Gasteiger partial charge in [0.25, 0.3) is 0 Å². The second-order valence-corrected chi connectivity index (χ2v) is 5.52. The first-order valence-electron chi connectivity index (χ1n) is 6.97. The van der Waals surface area contributed by atoms with Crippen LogP contribution in [0, 0.1) is 6.92 Å². The van der Waals surface area contributed by atoms with Gasteiger partial charge in [0.15, 0.2) is 0 Å². The van der Waals surface area contributed by atoms with Gasteiger partial charge in [-0.15, -0.1) is 0 Å². The van der Waals surface area contributed by atoms with Crippen LogP contribution in [0.4, 0.5) is 5.69 Å². The SMILES string of the molecule is Cc1cccn2cc(-c3ccc4c(c3)CC(=O)N4C)nc12. The first kappa shape index (κ1) is 12.1. The quantitative estimate of drug-likeness (QED) is 0.686. The number of aromatic nitrogens is 2. The zero-order valence-corrected chi connectivity index (χ0v) is 12.0. The number of amides is 1. The Hall–Kier alpha value is -2.62. The van der Waals surface area contributed by atoms with E-state index in [2.05, 4.69) is 19.1 Å². The lowest BCUT2D eigenvalue weighted by molar-refractivity contribution is -0.117. The summed E-state index contributed by atoms with van der Waals surface area (Å²) in [5.74, 6) is 0.146. The van der Waals surface area contributed by atoms with Crippen LogP contribution in [0.3, 0.4) is 0 Å². The minimum absolute atomic E-state index is 0.146. The molecule has 0 unspecified atom stereocenters. The highest BCUT2D eigenvalue weighted by Crippen LogP contribution is 2.31. The monoisotopic (exact) mass is 277 g/mol. The molecule has 3 heterocycles. The van der Waals surface area contributed by atoms with Gasteiger partial charge in [0, 0.05) is 30.7 Å². The maximum atomic E-state index is 11.8. The van der Waals surface area contributed by atoms with Crippen molar-refractivity contribution in [2.24, 2.45) is 0 Å². The van der Waals surface area contributed by atoms with Gasteiger partial charge in [-0.3, -0.25) is 4.79 Å². The Morgan fingerprint density at radius 2 is 2.10 bits per heavy atom. The summed E-state index contributed by atoms with van der Waals surface area (Å²) in [7, 11) is 1.82. The van der Waals surface area contributed by atoms with E-state index in [1.54, 1.807) is 4.90 Å². The number of carbonyl (C=O) groups excluding carboxylic acids is 1. The molecule has 0 aliphatic carbocycles.